The smallest absolute Gasteiger partial charge is 0.167 e. The van der Waals surface area contributed by atoms with Crippen LogP contribution in [0.5, 0.6) is 17.2 Å². The average molecular weight is 262 g/mol. The molecule has 102 valence electrons. The van der Waals surface area contributed by atoms with Gasteiger partial charge in [-0.2, -0.15) is 0 Å². The summed E-state index contributed by atoms with van der Waals surface area (Å²) >= 11 is 0. The number of hydrogen-bond donors (Lipinski definition) is 0. The molecule has 4 nitrogen and oxygen atoms in total. The number of hydrogen-bond acceptors (Lipinski definition) is 4. The van der Waals surface area contributed by atoms with Gasteiger partial charge in [-0.15, -0.1) is 0 Å². The summed E-state index contributed by atoms with van der Waals surface area (Å²) in [6.45, 7) is 7.33. The minimum atomic E-state index is -0.0877. The van der Waals surface area contributed by atoms with Crippen LogP contribution < -0.4 is 14.2 Å². The quantitative estimate of drug-likeness (QED) is 0.618. The molecule has 1 heterocycles. The third-order valence-corrected chi connectivity index (χ3v) is 3.29. The third kappa shape index (κ3) is 2.18. The van der Waals surface area contributed by atoms with E-state index in [-0.39, 0.29) is 11.9 Å². The van der Waals surface area contributed by atoms with Crippen molar-refractivity contribution in [1.82, 2.24) is 0 Å². The lowest BCUT2D eigenvalue weighted by Crippen LogP contribution is -2.13. The number of benzene rings is 1. The highest BCUT2D eigenvalue weighted by Crippen LogP contribution is 2.44. The van der Waals surface area contributed by atoms with Gasteiger partial charge in [-0.05, 0) is 19.4 Å². The van der Waals surface area contributed by atoms with Crippen LogP contribution in [0.3, 0.4) is 0 Å². The summed E-state index contributed by atoms with van der Waals surface area (Å²) in [4.78, 5) is 11.8. The normalized spacial score (nSPS) is 16.5. The molecule has 1 atom stereocenters. The first kappa shape index (κ1) is 13.5. The lowest BCUT2D eigenvalue weighted by molar-refractivity contribution is 0.101. The van der Waals surface area contributed by atoms with Gasteiger partial charge in [-0.3, -0.25) is 4.79 Å². The highest BCUT2D eigenvalue weighted by atomic mass is 16.5. The van der Waals surface area contributed by atoms with Gasteiger partial charge in [0.05, 0.1) is 14.2 Å². The van der Waals surface area contributed by atoms with E-state index in [4.69, 9.17) is 14.2 Å². The number of rotatable bonds is 4. The van der Waals surface area contributed by atoms with Gasteiger partial charge >= 0.3 is 0 Å². The summed E-state index contributed by atoms with van der Waals surface area (Å²) in [5.41, 5.74) is 2.32. The van der Waals surface area contributed by atoms with Crippen LogP contribution >= 0.6 is 0 Å². The summed E-state index contributed by atoms with van der Waals surface area (Å²) in [7, 11) is 3.08. The maximum absolute atomic E-state index is 11.8. The van der Waals surface area contributed by atoms with E-state index in [9.17, 15) is 4.79 Å². The summed E-state index contributed by atoms with van der Waals surface area (Å²) in [5, 5.41) is 0. The van der Waals surface area contributed by atoms with Crippen molar-refractivity contribution in [1.29, 1.82) is 0 Å². The van der Waals surface area contributed by atoms with E-state index in [1.54, 1.807) is 13.2 Å². The Hall–Kier alpha value is -1.97. The van der Waals surface area contributed by atoms with Gasteiger partial charge in [0, 0.05) is 18.1 Å². The SMILES string of the molecule is C=C(C)[C@@H]1Cc2c(cc(OC)c(C(C)=O)c2OC)O1. The Morgan fingerprint density at radius 2 is 2.05 bits per heavy atom. The molecular formula is C15H18O4. The molecule has 0 radical (unpaired) electrons. The largest absolute Gasteiger partial charge is 0.496 e. The second-order valence-electron chi connectivity index (χ2n) is 4.68. The number of fused-ring (bicyclic) bond motifs is 1. The Labute approximate surface area is 113 Å². The number of methoxy groups -OCH3 is 2. The second kappa shape index (κ2) is 4.96. The van der Waals surface area contributed by atoms with Gasteiger partial charge in [-0.25, -0.2) is 0 Å². The van der Waals surface area contributed by atoms with Crippen molar-refractivity contribution in [2.45, 2.75) is 26.4 Å². The molecule has 0 saturated heterocycles. The van der Waals surface area contributed by atoms with Crippen LogP contribution in [0, 0.1) is 0 Å². The van der Waals surface area contributed by atoms with Crippen molar-refractivity contribution >= 4 is 5.78 Å². The van der Waals surface area contributed by atoms with Gasteiger partial charge in [-0.1, -0.05) is 6.58 Å². The summed E-state index contributed by atoms with van der Waals surface area (Å²) in [6.07, 6.45) is 0.591. The van der Waals surface area contributed by atoms with Crippen LogP contribution in [0.1, 0.15) is 29.8 Å². The van der Waals surface area contributed by atoms with Crippen molar-refractivity contribution in [2.75, 3.05) is 14.2 Å². The maximum atomic E-state index is 11.8. The van der Waals surface area contributed by atoms with Crippen LogP contribution in [-0.2, 0) is 6.42 Å². The zero-order valence-corrected chi connectivity index (χ0v) is 11.7. The van der Waals surface area contributed by atoms with Gasteiger partial charge < -0.3 is 14.2 Å². The molecule has 0 bridgehead atoms. The fourth-order valence-electron chi connectivity index (χ4n) is 2.33. The van der Waals surface area contributed by atoms with Crippen LogP contribution in [0.2, 0.25) is 0 Å². The summed E-state index contributed by atoms with van der Waals surface area (Å²) < 4.78 is 16.5. The van der Waals surface area contributed by atoms with Crippen molar-refractivity contribution in [3.8, 4) is 17.2 Å². The molecule has 4 heteroatoms. The Morgan fingerprint density at radius 3 is 2.53 bits per heavy atom. The van der Waals surface area contributed by atoms with Crippen LogP contribution in [0.15, 0.2) is 18.2 Å². The molecule has 0 N–H and O–H groups in total. The van der Waals surface area contributed by atoms with Crippen molar-refractivity contribution in [2.24, 2.45) is 0 Å². The number of ketones is 1. The monoisotopic (exact) mass is 262 g/mol. The minimum Gasteiger partial charge on any atom is -0.496 e. The van der Waals surface area contributed by atoms with Crippen molar-refractivity contribution in [3.05, 3.63) is 29.3 Å². The molecule has 0 aliphatic carbocycles. The number of ether oxygens (including phenoxy) is 3. The molecule has 0 aromatic heterocycles. The zero-order valence-electron chi connectivity index (χ0n) is 11.7. The van der Waals surface area contributed by atoms with E-state index in [1.807, 2.05) is 6.92 Å². The Morgan fingerprint density at radius 1 is 1.37 bits per heavy atom. The first-order valence-corrected chi connectivity index (χ1v) is 6.10. The topological polar surface area (TPSA) is 44.8 Å². The standard InChI is InChI=1S/C15H18O4/c1-8(2)11-6-10-12(19-11)7-13(17-4)14(9(3)16)15(10)18-5/h7,11H,1,6H2,2-5H3/t11-/m0/s1. The van der Waals surface area contributed by atoms with Gasteiger partial charge in [0.1, 0.15) is 28.9 Å². The predicted octanol–water partition coefficient (Wildman–Crippen LogP) is 2.79. The molecule has 0 fully saturated rings. The molecule has 19 heavy (non-hydrogen) atoms. The number of carbonyl (C=O) groups excluding carboxylic acids is 1. The van der Waals surface area contributed by atoms with E-state index in [2.05, 4.69) is 6.58 Å². The van der Waals surface area contributed by atoms with E-state index in [1.165, 1.54) is 14.0 Å². The lowest BCUT2D eigenvalue weighted by atomic mass is 9.99. The second-order valence-corrected chi connectivity index (χ2v) is 4.68. The van der Waals surface area contributed by atoms with Crippen LogP contribution in [0.25, 0.3) is 0 Å². The zero-order chi connectivity index (χ0) is 14.2. The van der Waals surface area contributed by atoms with E-state index in [0.29, 0.717) is 29.2 Å². The fourth-order valence-corrected chi connectivity index (χ4v) is 2.33. The molecular weight excluding hydrogens is 244 g/mol. The molecule has 1 aliphatic heterocycles. The third-order valence-electron chi connectivity index (χ3n) is 3.29. The average Bonchev–Trinajstić information content (AvgIpc) is 2.79. The summed E-state index contributed by atoms with van der Waals surface area (Å²) in [6, 6.07) is 1.75. The molecule has 2 rings (SSSR count). The molecule has 0 amide bonds. The minimum absolute atomic E-state index is 0.0733. The predicted molar refractivity (Wildman–Crippen MR) is 72.5 cm³/mol. The molecule has 1 aromatic rings. The molecule has 1 aliphatic rings. The summed E-state index contributed by atoms with van der Waals surface area (Å²) in [5.74, 6) is 1.64. The van der Waals surface area contributed by atoms with Crippen molar-refractivity contribution in [3.63, 3.8) is 0 Å². The van der Waals surface area contributed by atoms with Gasteiger partial charge in [0.25, 0.3) is 0 Å². The van der Waals surface area contributed by atoms with E-state index < -0.39 is 0 Å². The maximum Gasteiger partial charge on any atom is 0.167 e. The van der Waals surface area contributed by atoms with Gasteiger partial charge in [0.2, 0.25) is 0 Å². The molecule has 0 spiro atoms. The van der Waals surface area contributed by atoms with E-state index >= 15 is 0 Å². The highest BCUT2D eigenvalue weighted by molar-refractivity contribution is 6.00. The Balaban J connectivity index is 2.60. The Kier molecular flexibility index (Phi) is 3.51. The van der Waals surface area contributed by atoms with Gasteiger partial charge in [0.15, 0.2) is 5.78 Å². The molecule has 0 saturated carbocycles. The molecule has 0 unspecified atom stereocenters. The fraction of sp³-hybridized carbons (Fsp3) is 0.400. The van der Waals surface area contributed by atoms with Crippen molar-refractivity contribution < 1.29 is 19.0 Å². The first-order valence-electron chi connectivity index (χ1n) is 6.10. The lowest BCUT2D eigenvalue weighted by Gasteiger charge is -2.14. The highest BCUT2D eigenvalue weighted by Gasteiger charge is 2.31. The Bertz CT molecular complexity index is 546. The first-order chi connectivity index (χ1) is 8.99. The molecule has 1 aromatic carbocycles. The number of Topliss-reactive ketones (excluding diaryl/α,β-unsaturated/α-hetero) is 1. The van der Waals surface area contributed by atoms with E-state index in [0.717, 1.165) is 11.1 Å². The van der Waals surface area contributed by atoms with Crippen LogP contribution in [-0.4, -0.2) is 26.1 Å². The number of carbonyl (C=O) groups is 1. The van der Waals surface area contributed by atoms with Crippen LogP contribution in [0.4, 0.5) is 0 Å².